The maximum Gasteiger partial charge on any atom is 0.0594 e. The molecule has 0 saturated carbocycles. The van der Waals surface area contributed by atoms with Crippen molar-refractivity contribution in [1.29, 1.82) is 0 Å². The van der Waals surface area contributed by atoms with Crippen molar-refractivity contribution in [2.24, 2.45) is 5.92 Å². The van der Waals surface area contributed by atoms with Crippen LogP contribution in [0.4, 0.5) is 0 Å². The number of hydrogen-bond donors (Lipinski definition) is 1. The van der Waals surface area contributed by atoms with Crippen LogP contribution >= 0.6 is 0 Å². The minimum atomic E-state index is 0.211. The molecule has 1 saturated heterocycles. The molecule has 0 aromatic rings. The molecule has 2 unspecified atom stereocenters. The van der Waals surface area contributed by atoms with Gasteiger partial charge in [-0.05, 0) is 39.2 Å². The van der Waals surface area contributed by atoms with Crippen LogP contribution in [-0.4, -0.2) is 49.3 Å². The molecule has 3 nitrogen and oxygen atoms in total. The molecule has 0 aromatic heterocycles. The van der Waals surface area contributed by atoms with Crippen LogP contribution in [0.15, 0.2) is 0 Å². The molecule has 3 heteroatoms. The zero-order chi connectivity index (χ0) is 14.3. The van der Waals surface area contributed by atoms with E-state index in [4.69, 9.17) is 4.74 Å². The fourth-order valence-corrected chi connectivity index (χ4v) is 2.87. The molecule has 1 rings (SSSR count). The van der Waals surface area contributed by atoms with Gasteiger partial charge in [0.2, 0.25) is 0 Å². The third-order valence-corrected chi connectivity index (χ3v) is 4.65. The van der Waals surface area contributed by atoms with Gasteiger partial charge in [-0.3, -0.25) is 4.90 Å². The third kappa shape index (κ3) is 5.05. The Kier molecular flexibility index (Phi) is 7.33. The highest BCUT2D eigenvalue weighted by molar-refractivity contribution is 4.95. The Labute approximate surface area is 120 Å². The Morgan fingerprint density at radius 3 is 2.37 bits per heavy atom. The second-order valence-electron chi connectivity index (χ2n) is 6.51. The summed E-state index contributed by atoms with van der Waals surface area (Å²) in [4.78, 5) is 2.60. The van der Waals surface area contributed by atoms with E-state index in [2.05, 4.69) is 44.8 Å². The van der Waals surface area contributed by atoms with Crippen LogP contribution in [0, 0.1) is 5.92 Å². The van der Waals surface area contributed by atoms with Crippen molar-refractivity contribution < 1.29 is 4.74 Å². The normalized spacial score (nSPS) is 21.3. The first-order valence-corrected chi connectivity index (χ1v) is 8.08. The van der Waals surface area contributed by atoms with Crippen molar-refractivity contribution in [3.05, 3.63) is 0 Å². The number of morpholine rings is 1. The molecule has 0 radical (unpaired) electrons. The van der Waals surface area contributed by atoms with E-state index < -0.39 is 0 Å². The molecule has 1 aliphatic rings. The third-order valence-electron chi connectivity index (χ3n) is 4.65. The quantitative estimate of drug-likeness (QED) is 0.734. The molecule has 0 amide bonds. The van der Waals surface area contributed by atoms with E-state index in [1.165, 1.54) is 19.3 Å². The predicted molar refractivity (Wildman–Crippen MR) is 82.6 cm³/mol. The van der Waals surface area contributed by atoms with Gasteiger partial charge in [-0.2, -0.15) is 0 Å². The van der Waals surface area contributed by atoms with Crippen LogP contribution in [0.25, 0.3) is 0 Å². The molecule has 1 N–H and O–H groups in total. The van der Waals surface area contributed by atoms with Gasteiger partial charge < -0.3 is 10.1 Å². The highest BCUT2D eigenvalue weighted by Gasteiger charge is 2.36. The molecule has 114 valence electrons. The number of hydrogen-bond acceptors (Lipinski definition) is 3. The lowest BCUT2D eigenvalue weighted by atomic mass is 9.84. The summed E-state index contributed by atoms with van der Waals surface area (Å²) in [5, 5.41) is 3.79. The SMILES string of the molecule is CCCNC(CC(C)CC)C(C)(C)N1CCOCC1. The lowest BCUT2D eigenvalue weighted by Gasteiger charge is -2.47. The standard InChI is InChI=1S/C16H34N2O/c1-6-8-17-15(13-14(3)7-2)16(4,5)18-9-11-19-12-10-18/h14-15,17H,6-13H2,1-5H3. The summed E-state index contributed by atoms with van der Waals surface area (Å²) in [6.45, 7) is 16.7. The van der Waals surface area contributed by atoms with Gasteiger partial charge in [0.25, 0.3) is 0 Å². The first kappa shape index (κ1) is 16.9. The zero-order valence-electron chi connectivity index (χ0n) is 13.7. The predicted octanol–water partition coefficient (Wildman–Crippen LogP) is 2.90. The van der Waals surface area contributed by atoms with E-state index in [9.17, 15) is 0 Å². The minimum absolute atomic E-state index is 0.211. The van der Waals surface area contributed by atoms with Crippen LogP contribution in [-0.2, 0) is 4.74 Å². The summed E-state index contributed by atoms with van der Waals surface area (Å²) in [5.74, 6) is 0.787. The van der Waals surface area contributed by atoms with Crippen LogP contribution in [0.1, 0.15) is 53.9 Å². The van der Waals surface area contributed by atoms with Gasteiger partial charge in [0.15, 0.2) is 0 Å². The summed E-state index contributed by atoms with van der Waals surface area (Å²) in [7, 11) is 0. The van der Waals surface area contributed by atoms with Gasteiger partial charge in [-0.25, -0.2) is 0 Å². The maximum absolute atomic E-state index is 5.50. The van der Waals surface area contributed by atoms with E-state index in [1.54, 1.807) is 0 Å². The van der Waals surface area contributed by atoms with Gasteiger partial charge in [-0.1, -0.05) is 27.2 Å². The molecule has 0 bridgehead atoms. The van der Waals surface area contributed by atoms with Crippen molar-refractivity contribution in [3.8, 4) is 0 Å². The van der Waals surface area contributed by atoms with Crippen molar-refractivity contribution in [2.45, 2.75) is 65.5 Å². The van der Waals surface area contributed by atoms with Crippen molar-refractivity contribution in [2.75, 3.05) is 32.8 Å². The van der Waals surface area contributed by atoms with E-state index in [1.807, 2.05) is 0 Å². The fourth-order valence-electron chi connectivity index (χ4n) is 2.87. The smallest absolute Gasteiger partial charge is 0.0594 e. The van der Waals surface area contributed by atoms with Crippen molar-refractivity contribution >= 4 is 0 Å². The maximum atomic E-state index is 5.50. The lowest BCUT2D eigenvalue weighted by Crippen LogP contribution is -2.60. The van der Waals surface area contributed by atoms with Gasteiger partial charge in [-0.15, -0.1) is 0 Å². The van der Waals surface area contributed by atoms with Crippen LogP contribution in [0.5, 0.6) is 0 Å². The summed E-state index contributed by atoms with van der Waals surface area (Å²) in [5.41, 5.74) is 0.211. The number of rotatable bonds is 8. The molecule has 1 fully saturated rings. The Morgan fingerprint density at radius 2 is 1.84 bits per heavy atom. The molecule has 0 spiro atoms. The molecule has 0 aliphatic carbocycles. The first-order valence-electron chi connectivity index (χ1n) is 8.08. The lowest BCUT2D eigenvalue weighted by molar-refractivity contribution is -0.0261. The zero-order valence-corrected chi connectivity index (χ0v) is 13.7. The Hall–Kier alpha value is -0.120. The van der Waals surface area contributed by atoms with Crippen LogP contribution < -0.4 is 5.32 Å². The second kappa shape index (κ2) is 8.23. The summed E-state index contributed by atoms with van der Waals surface area (Å²) >= 11 is 0. The average molecular weight is 270 g/mol. The number of ether oxygens (including phenoxy) is 1. The molecular weight excluding hydrogens is 236 g/mol. The van der Waals surface area contributed by atoms with Gasteiger partial charge in [0.05, 0.1) is 13.2 Å². The molecule has 19 heavy (non-hydrogen) atoms. The van der Waals surface area contributed by atoms with Gasteiger partial charge in [0, 0.05) is 24.7 Å². The highest BCUT2D eigenvalue weighted by Crippen LogP contribution is 2.26. The fraction of sp³-hybridized carbons (Fsp3) is 1.00. The molecule has 2 atom stereocenters. The number of nitrogens with zero attached hydrogens (tertiary/aromatic N) is 1. The van der Waals surface area contributed by atoms with Crippen LogP contribution in [0.3, 0.4) is 0 Å². The molecule has 1 aliphatic heterocycles. The monoisotopic (exact) mass is 270 g/mol. The van der Waals surface area contributed by atoms with E-state index >= 15 is 0 Å². The van der Waals surface area contributed by atoms with E-state index in [0.717, 1.165) is 38.8 Å². The average Bonchev–Trinajstić information content (AvgIpc) is 2.43. The topological polar surface area (TPSA) is 24.5 Å². The van der Waals surface area contributed by atoms with Crippen LogP contribution in [0.2, 0.25) is 0 Å². The molecule has 1 heterocycles. The van der Waals surface area contributed by atoms with Gasteiger partial charge in [0.1, 0.15) is 0 Å². The van der Waals surface area contributed by atoms with Crippen molar-refractivity contribution in [3.63, 3.8) is 0 Å². The highest BCUT2D eigenvalue weighted by atomic mass is 16.5. The Morgan fingerprint density at radius 1 is 1.21 bits per heavy atom. The minimum Gasteiger partial charge on any atom is -0.379 e. The van der Waals surface area contributed by atoms with E-state index in [0.29, 0.717) is 6.04 Å². The Bertz CT molecular complexity index is 237. The second-order valence-corrected chi connectivity index (χ2v) is 6.51. The summed E-state index contributed by atoms with van der Waals surface area (Å²) < 4.78 is 5.50. The summed E-state index contributed by atoms with van der Waals surface area (Å²) in [6.07, 6.45) is 3.74. The molecular formula is C16H34N2O. The summed E-state index contributed by atoms with van der Waals surface area (Å²) in [6, 6.07) is 0.570. The first-order chi connectivity index (χ1) is 9.02. The molecule has 0 aromatic carbocycles. The van der Waals surface area contributed by atoms with Gasteiger partial charge >= 0.3 is 0 Å². The Balaban J connectivity index is 2.68. The largest absolute Gasteiger partial charge is 0.379 e. The van der Waals surface area contributed by atoms with Crippen molar-refractivity contribution in [1.82, 2.24) is 10.2 Å². The van der Waals surface area contributed by atoms with E-state index in [-0.39, 0.29) is 5.54 Å². The number of nitrogens with one attached hydrogen (secondary N) is 1.